The van der Waals surface area contributed by atoms with Crippen molar-refractivity contribution in [3.63, 3.8) is 0 Å². The van der Waals surface area contributed by atoms with Crippen molar-refractivity contribution < 1.29 is 18.0 Å². The highest BCUT2D eigenvalue weighted by Crippen LogP contribution is 2.27. The molecule has 0 aliphatic carbocycles. The fourth-order valence-corrected chi connectivity index (χ4v) is 3.07. The van der Waals surface area contributed by atoms with Gasteiger partial charge in [0.05, 0.1) is 5.56 Å². The Morgan fingerprint density at radius 1 is 1.20 bits per heavy atom. The predicted octanol–water partition coefficient (Wildman–Crippen LogP) is 1.93. The van der Waals surface area contributed by atoms with Gasteiger partial charge >= 0.3 is 0 Å². The standard InChI is InChI=1S/C14H15F3N2O/c15-10-4-3-9(12(16)13(10)17)14(20)19-6-8-2-1-5-18-11(8)7-19/h3-4,8,11,18H,1-2,5-7H2. The molecule has 2 heterocycles. The first-order chi connectivity index (χ1) is 9.58. The fraction of sp³-hybridized carbons (Fsp3) is 0.500. The quantitative estimate of drug-likeness (QED) is 0.799. The summed E-state index contributed by atoms with van der Waals surface area (Å²) in [5, 5.41) is 3.33. The van der Waals surface area contributed by atoms with E-state index in [4.69, 9.17) is 0 Å². The number of hydrogen-bond acceptors (Lipinski definition) is 2. The van der Waals surface area contributed by atoms with Crippen LogP contribution in [-0.4, -0.2) is 36.5 Å². The minimum Gasteiger partial charge on any atom is -0.337 e. The number of nitrogens with zero attached hydrogens (tertiary/aromatic N) is 1. The van der Waals surface area contributed by atoms with Gasteiger partial charge in [0.1, 0.15) is 0 Å². The van der Waals surface area contributed by atoms with Crippen LogP contribution in [0.15, 0.2) is 12.1 Å². The lowest BCUT2D eigenvalue weighted by Crippen LogP contribution is -2.41. The number of hydrogen-bond donors (Lipinski definition) is 1. The summed E-state index contributed by atoms with van der Waals surface area (Å²) in [6, 6.07) is 2.01. The van der Waals surface area contributed by atoms with E-state index in [2.05, 4.69) is 5.32 Å². The molecule has 1 amide bonds. The van der Waals surface area contributed by atoms with Crippen LogP contribution in [0.2, 0.25) is 0 Å². The van der Waals surface area contributed by atoms with Gasteiger partial charge in [-0.3, -0.25) is 4.79 Å². The Balaban J connectivity index is 1.81. The number of nitrogens with one attached hydrogen (secondary N) is 1. The summed E-state index contributed by atoms with van der Waals surface area (Å²) in [6.45, 7) is 1.94. The highest BCUT2D eigenvalue weighted by molar-refractivity contribution is 5.94. The first kappa shape index (κ1) is 13.4. The average Bonchev–Trinajstić information content (AvgIpc) is 2.88. The molecule has 2 fully saturated rings. The maximum Gasteiger partial charge on any atom is 0.257 e. The third-order valence-corrected chi connectivity index (χ3v) is 4.15. The molecule has 2 atom stereocenters. The molecule has 0 saturated carbocycles. The zero-order valence-corrected chi connectivity index (χ0v) is 10.8. The van der Waals surface area contributed by atoms with Crippen molar-refractivity contribution in [3.8, 4) is 0 Å². The third-order valence-electron chi connectivity index (χ3n) is 4.15. The van der Waals surface area contributed by atoms with Gasteiger partial charge < -0.3 is 10.2 Å². The predicted molar refractivity (Wildman–Crippen MR) is 66.7 cm³/mol. The Kier molecular flexibility index (Phi) is 3.41. The summed E-state index contributed by atoms with van der Waals surface area (Å²) in [4.78, 5) is 13.8. The highest BCUT2D eigenvalue weighted by Gasteiger charge is 2.37. The molecule has 2 unspecified atom stereocenters. The summed E-state index contributed by atoms with van der Waals surface area (Å²) in [6.07, 6.45) is 2.09. The second-order valence-electron chi connectivity index (χ2n) is 5.40. The Hall–Kier alpha value is -1.56. The molecule has 3 rings (SSSR count). The SMILES string of the molecule is O=C(c1ccc(F)c(F)c1F)N1CC2CCCNC2C1. The van der Waals surface area contributed by atoms with Gasteiger partial charge in [-0.15, -0.1) is 0 Å². The number of piperidine rings is 1. The summed E-state index contributed by atoms with van der Waals surface area (Å²) in [5.41, 5.74) is -0.400. The van der Waals surface area contributed by atoms with Gasteiger partial charge in [0.25, 0.3) is 5.91 Å². The monoisotopic (exact) mass is 284 g/mol. The zero-order chi connectivity index (χ0) is 14.3. The van der Waals surface area contributed by atoms with Crippen molar-refractivity contribution in [2.75, 3.05) is 19.6 Å². The molecule has 1 aromatic rings. The number of benzene rings is 1. The lowest BCUT2D eigenvalue weighted by molar-refractivity contribution is 0.0779. The van der Waals surface area contributed by atoms with E-state index in [1.165, 1.54) is 4.90 Å². The summed E-state index contributed by atoms with van der Waals surface area (Å²) >= 11 is 0. The Bertz CT molecular complexity index is 535. The van der Waals surface area contributed by atoms with Crippen LogP contribution in [0.3, 0.4) is 0 Å². The van der Waals surface area contributed by atoms with Gasteiger partial charge in [-0.1, -0.05) is 0 Å². The fourth-order valence-electron chi connectivity index (χ4n) is 3.07. The maximum atomic E-state index is 13.7. The molecular formula is C14H15F3N2O. The van der Waals surface area contributed by atoms with E-state index in [1.807, 2.05) is 0 Å². The lowest BCUT2D eigenvalue weighted by Gasteiger charge is -2.24. The molecule has 1 N–H and O–H groups in total. The Morgan fingerprint density at radius 3 is 2.75 bits per heavy atom. The van der Waals surface area contributed by atoms with Crippen LogP contribution < -0.4 is 5.32 Å². The summed E-state index contributed by atoms with van der Waals surface area (Å²) in [5.74, 6) is -4.49. The second-order valence-corrected chi connectivity index (χ2v) is 5.40. The third kappa shape index (κ3) is 2.18. The van der Waals surface area contributed by atoms with Crippen molar-refractivity contribution in [1.82, 2.24) is 10.2 Å². The van der Waals surface area contributed by atoms with Crippen LogP contribution in [0.4, 0.5) is 13.2 Å². The van der Waals surface area contributed by atoms with Crippen LogP contribution in [0.5, 0.6) is 0 Å². The van der Waals surface area contributed by atoms with Crippen molar-refractivity contribution in [2.24, 2.45) is 5.92 Å². The van der Waals surface area contributed by atoms with Crippen LogP contribution in [-0.2, 0) is 0 Å². The molecule has 0 radical (unpaired) electrons. The van der Waals surface area contributed by atoms with Crippen LogP contribution >= 0.6 is 0 Å². The van der Waals surface area contributed by atoms with E-state index < -0.39 is 28.9 Å². The average molecular weight is 284 g/mol. The lowest BCUT2D eigenvalue weighted by atomic mass is 9.94. The molecule has 6 heteroatoms. The minimum absolute atomic E-state index is 0.223. The van der Waals surface area contributed by atoms with Crippen LogP contribution in [0, 0.1) is 23.4 Å². The number of fused-ring (bicyclic) bond motifs is 1. The van der Waals surface area contributed by atoms with E-state index in [1.54, 1.807) is 0 Å². The topological polar surface area (TPSA) is 32.3 Å². The summed E-state index contributed by atoms with van der Waals surface area (Å²) < 4.78 is 39.8. The first-order valence-corrected chi connectivity index (χ1v) is 6.74. The smallest absolute Gasteiger partial charge is 0.257 e. The molecule has 108 valence electrons. The zero-order valence-electron chi connectivity index (χ0n) is 10.8. The van der Waals surface area contributed by atoms with Crippen molar-refractivity contribution in [1.29, 1.82) is 0 Å². The van der Waals surface area contributed by atoms with Gasteiger partial charge in [0.15, 0.2) is 17.5 Å². The van der Waals surface area contributed by atoms with Crippen LogP contribution in [0.1, 0.15) is 23.2 Å². The Morgan fingerprint density at radius 2 is 2.00 bits per heavy atom. The number of amides is 1. The normalized spacial score (nSPS) is 25.6. The molecule has 2 saturated heterocycles. The van der Waals surface area contributed by atoms with E-state index in [-0.39, 0.29) is 6.04 Å². The molecule has 0 spiro atoms. The molecule has 2 aliphatic heterocycles. The van der Waals surface area contributed by atoms with E-state index in [0.29, 0.717) is 19.0 Å². The molecule has 0 aromatic heterocycles. The molecule has 2 aliphatic rings. The number of carbonyl (C=O) groups is 1. The van der Waals surface area contributed by atoms with Gasteiger partial charge in [-0.05, 0) is 37.4 Å². The van der Waals surface area contributed by atoms with Crippen molar-refractivity contribution in [2.45, 2.75) is 18.9 Å². The molecule has 1 aromatic carbocycles. The summed E-state index contributed by atoms with van der Waals surface area (Å²) in [7, 11) is 0. The second kappa shape index (κ2) is 5.09. The molecule has 3 nitrogen and oxygen atoms in total. The van der Waals surface area contributed by atoms with E-state index >= 15 is 0 Å². The van der Waals surface area contributed by atoms with Gasteiger partial charge in [0, 0.05) is 19.1 Å². The maximum absolute atomic E-state index is 13.7. The van der Waals surface area contributed by atoms with Gasteiger partial charge in [-0.25, -0.2) is 13.2 Å². The van der Waals surface area contributed by atoms with Crippen molar-refractivity contribution in [3.05, 3.63) is 35.1 Å². The van der Waals surface area contributed by atoms with Gasteiger partial charge in [-0.2, -0.15) is 0 Å². The number of halogens is 3. The number of carbonyl (C=O) groups excluding carboxylic acids is 1. The van der Waals surface area contributed by atoms with Crippen molar-refractivity contribution >= 4 is 5.91 Å². The Labute approximate surface area is 114 Å². The first-order valence-electron chi connectivity index (χ1n) is 6.74. The number of likely N-dealkylation sites (tertiary alicyclic amines) is 1. The molecule has 0 bridgehead atoms. The van der Waals surface area contributed by atoms with Gasteiger partial charge in [0.2, 0.25) is 0 Å². The largest absolute Gasteiger partial charge is 0.337 e. The number of rotatable bonds is 1. The highest BCUT2D eigenvalue weighted by atomic mass is 19.2. The minimum atomic E-state index is -1.59. The van der Waals surface area contributed by atoms with Crippen LogP contribution in [0.25, 0.3) is 0 Å². The van der Waals surface area contributed by atoms with E-state index in [0.717, 1.165) is 31.5 Å². The molecule has 20 heavy (non-hydrogen) atoms. The molecular weight excluding hydrogens is 269 g/mol. The van der Waals surface area contributed by atoms with E-state index in [9.17, 15) is 18.0 Å².